The summed E-state index contributed by atoms with van der Waals surface area (Å²) in [5, 5.41) is 3.70. The quantitative estimate of drug-likeness (QED) is 0.159. The van der Waals surface area contributed by atoms with E-state index in [1.165, 1.54) is 22.4 Å². The average Bonchev–Trinajstić information content (AvgIpc) is 3.11. The van der Waals surface area contributed by atoms with Crippen LogP contribution in [0.2, 0.25) is 0 Å². The Hall–Kier alpha value is -5.17. The van der Waals surface area contributed by atoms with Gasteiger partial charge in [-0.3, -0.25) is 0 Å². The molecule has 230 valence electrons. The molecule has 0 spiro atoms. The average molecular weight is 601 g/mol. The summed E-state index contributed by atoms with van der Waals surface area (Å²) in [7, 11) is 5.09. The molecule has 0 atom stereocenters. The number of para-hydroxylation sites is 1. The highest BCUT2D eigenvalue weighted by Crippen LogP contribution is 2.34. The molecule has 7 heteroatoms. The summed E-state index contributed by atoms with van der Waals surface area (Å²) in [6, 6.07) is 37.8. The van der Waals surface area contributed by atoms with E-state index in [1.54, 1.807) is 21.3 Å². The standard InChI is InChI=1S/C38H40N4O3/c1-43-33-15-9-28(10-16-33)24-39-38-37(23-31-27-41(22-21-36(31)40-38)32-7-5-4-6-8-32)42(25-29-11-17-34(44-2)18-12-29)26-30-13-19-35(45-3)20-14-30/h4-20,23H,21-22,24-27H2,1-3H3,(H,39,40). The van der Waals surface area contributed by atoms with Crippen molar-refractivity contribution in [1.29, 1.82) is 0 Å². The molecule has 5 aromatic rings. The number of anilines is 3. The number of ether oxygens (including phenoxy) is 3. The smallest absolute Gasteiger partial charge is 0.150 e. The molecule has 0 saturated heterocycles. The van der Waals surface area contributed by atoms with Crippen LogP contribution in [-0.4, -0.2) is 32.9 Å². The second kappa shape index (κ2) is 14.1. The van der Waals surface area contributed by atoms with Gasteiger partial charge in [-0.2, -0.15) is 0 Å². The van der Waals surface area contributed by atoms with Crippen LogP contribution in [0.4, 0.5) is 17.2 Å². The van der Waals surface area contributed by atoms with Gasteiger partial charge in [0.2, 0.25) is 0 Å². The number of methoxy groups -OCH3 is 3. The molecule has 0 aliphatic carbocycles. The summed E-state index contributed by atoms with van der Waals surface area (Å²) in [6.45, 7) is 3.81. The fraction of sp³-hybridized carbons (Fsp3) is 0.237. The highest BCUT2D eigenvalue weighted by Gasteiger charge is 2.23. The molecule has 0 unspecified atom stereocenters. The minimum absolute atomic E-state index is 0.651. The zero-order valence-electron chi connectivity index (χ0n) is 26.2. The van der Waals surface area contributed by atoms with E-state index in [1.807, 2.05) is 36.4 Å². The SMILES string of the molecule is COc1ccc(CNc2nc3c(cc2N(Cc2ccc(OC)cc2)Cc2ccc(OC)cc2)CN(c2ccccc2)CC3)cc1. The summed E-state index contributed by atoms with van der Waals surface area (Å²) in [6.07, 6.45) is 0.888. The molecule has 2 heterocycles. The van der Waals surface area contributed by atoms with E-state index in [4.69, 9.17) is 19.2 Å². The molecule has 1 aliphatic heterocycles. The van der Waals surface area contributed by atoms with Crippen molar-refractivity contribution in [2.75, 3.05) is 43.0 Å². The van der Waals surface area contributed by atoms with Gasteiger partial charge in [-0.1, -0.05) is 54.6 Å². The Morgan fingerprint density at radius 1 is 0.689 bits per heavy atom. The van der Waals surface area contributed by atoms with Crippen molar-refractivity contribution in [1.82, 2.24) is 4.98 Å². The number of nitrogens with one attached hydrogen (secondary N) is 1. The van der Waals surface area contributed by atoms with Gasteiger partial charge in [0, 0.05) is 50.5 Å². The molecule has 1 aliphatic rings. The highest BCUT2D eigenvalue weighted by molar-refractivity contribution is 5.69. The molecule has 4 aromatic carbocycles. The molecule has 0 bridgehead atoms. The topological polar surface area (TPSA) is 59.1 Å². The van der Waals surface area contributed by atoms with Crippen LogP contribution in [0, 0.1) is 0 Å². The minimum Gasteiger partial charge on any atom is -0.497 e. The number of pyridine rings is 1. The van der Waals surface area contributed by atoms with Crippen LogP contribution in [0.25, 0.3) is 0 Å². The first-order valence-electron chi connectivity index (χ1n) is 15.3. The van der Waals surface area contributed by atoms with Gasteiger partial charge in [0.25, 0.3) is 0 Å². The van der Waals surface area contributed by atoms with E-state index in [0.717, 1.165) is 59.5 Å². The molecule has 0 amide bonds. The van der Waals surface area contributed by atoms with Crippen LogP contribution in [0.5, 0.6) is 17.2 Å². The van der Waals surface area contributed by atoms with Gasteiger partial charge < -0.3 is 29.3 Å². The van der Waals surface area contributed by atoms with Crippen LogP contribution in [0.3, 0.4) is 0 Å². The van der Waals surface area contributed by atoms with Gasteiger partial charge in [0.15, 0.2) is 0 Å². The molecule has 6 rings (SSSR count). The van der Waals surface area contributed by atoms with Crippen LogP contribution in [-0.2, 0) is 32.6 Å². The lowest BCUT2D eigenvalue weighted by atomic mass is 10.0. The summed E-state index contributed by atoms with van der Waals surface area (Å²) in [5.41, 5.74) is 8.25. The molecule has 1 aromatic heterocycles. The molecular formula is C38H40N4O3. The van der Waals surface area contributed by atoms with Gasteiger partial charge >= 0.3 is 0 Å². The number of rotatable bonds is 12. The Morgan fingerprint density at radius 3 is 1.76 bits per heavy atom. The number of hydrogen-bond donors (Lipinski definition) is 1. The van der Waals surface area contributed by atoms with Crippen LogP contribution in [0.1, 0.15) is 27.9 Å². The number of benzene rings is 4. The highest BCUT2D eigenvalue weighted by atomic mass is 16.5. The Bertz CT molecular complexity index is 1620. The maximum atomic E-state index is 5.43. The zero-order chi connectivity index (χ0) is 31.0. The number of fused-ring (bicyclic) bond motifs is 1. The largest absolute Gasteiger partial charge is 0.497 e. The first-order chi connectivity index (χ1) is 22.1. The van der Waals surface area contributed by atoms with Crippen LogP contribution in [0.15, 0.2) is 109 Å². The third-order valence-corrected chi connectivity index (χ3v) is 8.30. The summed E-state index contributed by atoms with van der Waals surface area (Å²) >= 11 is 0. The third kappa shape index (κ3) is 7.32. The zero-order valence-corrected chi connectivity index (χ0v) is 26.2. The van der Waals surface area contributed by atoms with E-state index in [2.05, 4.69) is 87.9 Å². The lowest BCUT2D eigenvalue weighted by molar-refractivity contribution is 0.414. The number of hydrogen-bond acceptors (Lipinski definition) is 7. The number of aromatic nitrogens is 1. The Labute approximate surface area is 266 Å². The fourth-order valence-corrected chi connectivity index (χ4v) is 5.75. The maximum Gasteiger partial charge on any atom is 0.150 e. The van der Waals surface area contributed by atoms with E-state index in [0.29, 0.717) is 19.6 Å². The number of nitrogens with zero attached hydrogens (tertiary/aromatic N) is 3. The van der Waals surface area contributed by atoms with Crippen molar-refractivity contribution in [3.63, 3.8) is 0 Å². The Kier molecular flexibility index (Phi) is 9.35. The van der Waals surface area contributed by atoms with Gasteiger partial charge in [-0.25, -0.2) is 4.98 Å². The van der Waals surface area contributed by atoms with Crippen molar-refractivity contribution in [3.05, 3.63) is 137 Å². The molecule has 1 N–H and O–H groups in total. The predicted octanol–water partition coefficient (Wildman–Crippen LogP) is 7.49. The Morgan fingerprint density at radius 2 is 1.22 bits per heavy atom. The van der Waals surface area contributed by atoms with Gasteiger partial charge in [-0.05, 0) is 76.9 Å². The predicted molar refractivity (Wildman–Crippen MR) is 182 cm³/mol. The fourth-order valence-electron chi connectivity index (χ4n) is 5.75. The molecule has 0 radical (unpaired) electrons. The minimum atomic E-state index is 0.651. The van der Waals surface area contributed by atoms with Gasteiger partial charge in [0.1, 0.15) is 23.1 Å². The summed E-state index contributed by atoms with van der Waals surface area (Å²) in [4.78, 5) is 10.2. The molecule has 0 saturated carbocycles. The second-order valence-corrected chi connectivity index (χ2v) is 11.2. The van der Waals surface area contributed by atoms with Gasteiger partial charge in [-0.15, -0.1) is 0 Å². The summed E-state index contributed by atoms with van der Waals surface area (Å²) in [5.74, 6) is 3.43. The first kappa shape index (κ1) is 29.9. The van der Waals surface area contributed by atoms with Crippen LogP contribution >= 0.6 is 0 Å². The first-order valence-corrected chi connectivity index (χ1v) is 15.3. The third-order valence-electron chi connectivity index (χ3n) is 8.30. The van der Waals surface area contributed by atoms with E-state index >= 15 is 0 Å². The lowest BCUT2D eigenvalue weighted by Crippen LogP contribution is -2.32. The van der Waals surface area contributed by atoms with Crippen molar-refractivity contribution in [3.8, 4) is 17.2 Å². The molecular weight excluding hydrogens is 560 g/mol. The van der Waals surface area contributed by atoms with Crippen molar-refractivity contribution >= 4 is 17.2 Å². The van der Waals surface area contributed by atoms with Crippen molar-refractivity contribution < 1.29 is 14.2 Å². The van der Waals surface area contributed by atoms with E-state index in [9.17, 15) is 0 Å². The van der Waals surface area contributed by atoms with Crippen LogP contribution < -0.4 is 29.3 Å². The lowest BCUT2D eigenvalue weighted by Gasteiger charge is -2.33. The Balaban J connectivity index is 1.38. The summed E-state index contributed by atoms with van der Waals surface area (Å²) < 4.78 is 16.2. The second-order valence-electron chi connectivity index (χ2n) is 11.2. The maximum absolute atomic E-state index is 5.43. The molecule has 45 heavy (non-hydrogen) atoms. The van der Waals surface area contributed by atoms with Crippen molar-refractivity contribution in [2.45, 2.75) is 32.6 Å². The van der Waals surface area contributed by atoms with E-state index in [-0.39, 0.29) is 0 Å². The molecule has 0 fully saturated rings. The van der Waals surface area contributed by atoms with Crippen molar-refractivity contribution in [2.24, 2.45) is 0 Å². The monoisotopic (exact) mass is 600 g/mol. The molecule has 7 nitrogen and oxygen atoms in total. The van der Waals surface area contributed by atoms with E-state index < -0.39 is 0 Å². The van der Waals surface area contributed by atoms with Gasteiger partial charge in [0.05, 0.1) is 27.0 Å². The normalized spacial score (nSPS) is 12.3.